The van der Waals surface area contributed by atoms with Crippen molar-refractivity contribution in [2.75, 3.05) is 39.3 Å². The number of carbonyl (C=O) groups is 1. The summed E-state index contributed by atoms with van der Waals surface area (Å²) in [5.41, 5.74) is 2.96. The SMILES string of the molecule is O=C(OCn1c(=O)ccc2ccc(OCCCCN3CCN(C4=C5C=CSC5CC=C4)CC3)cc21)Oc1ccc([N+](=O)[O-])cc1. The summed E-state index contributed by atoms with van der Waals surface area (Å²) in [6.07, 6.45) is 8.90. The van der Waals surface area contributed by atoms with Crippen molar-refractivity contribution in [2.24, 2.45) is 0 Å². The van der Waals surface area contributed by atoms with Gasteiger partial charge < -0.3 is 19.1 Å². The fraction of sp³-hybridized carbons (Fsp3) is 0.333. The maximum atomic E-state index is 12.6. The van der Waals surface area contributed by atoms with Crippen LogP contribution in [0.15, 0.2) is 94.3 Å². The minimum atomic E-state index is -1.04. The minimum absolute atomic E-state index is 0.0858. The highest BCUT2D eigenvalue weighted by atomic mass is 32.2. The quantitative estimate of drug-likeness (QED) is 0.0859. The third-order valence-electron chi connectivity index (χ3n) is 8.13. The summed E-state index contributed by atoms with van der Waals surface area (Å²) in [7, 11) is 0. The van der Waals surface area contributed by atoms with Crippen LogP contribution >= 0.6 is 11.8 Å². The third-order valence-corrected chi connectivity index (χ3v) is 9.20. The van der Waals surface area contributed by atoms with Crippen LogP contribution in [0.4, 0.5) is 10.5 Å². The number of nitrogens with zero attached hydrogens (tertiary/aromatic N) is 4. The van der Waals surface area contributed by atoms with Gasteiger partial charge in [-0.25, -0.2) is 4.79 Å². The van der Waals surface area contributed by atoms with E-state index < -0.39 is 11.1 Å². The molecule has 2 aliphatic heterocycles. The number of pyridine rings is 1. The zero-order valence-electron chi connectivity index (χ0n) is 24.7. The predicted octanol–water partition coefficient (Wildman–Crippen LogP) is 5.70. The number of ether oxygens (including phenoxy) is 3. The Kier molecular flexibility index (Phi) is 9.51. The van der Waals surface area contributed by atoms with E-state index in [1.807, 2.05) is 23.9 Å². The first kappa shape index (κ1) is 30.5. The maximum Gasteiger partial charge on any atom is 0.515 e. The second kappa shape index (κ2) is 14.0. The van der Waals surface area contributed by atoms with Gasteiger partial charge in [-0.05, 0) is 84.7 Å². The molecule has 0 saturated carbocycles. The number of rotatable bonds is 11. The number of unbranched alkanes of at least 4 members (excludes halogenated alkanes) is 1. The van der Waals surface area contributed by atoms with Crippen molar-refractivity contribution in [3.63, 3.8) is 0 Å². The molecule has 0 bridgehead atoms. The lowest BCUT2D eigenvalue weighted by Crippen LogP contribution is -2.46. The molecular weight excluding hydrogens is 596 g/mol. The van der Waals surface area contributed by atoms with Gasteiger partial charge in [0.1, 0.15) is 11.5 Å². The summed E-state index contributed by atoms with van der Waals surface area (Å²) in [6.45, 7) is 5.40. The summed E-state index contributed by atoms with van der Waals surface area (Å²) in [5.74, 6) is 0.708. The van der Waals surface area contributed by atoms with E-state index in [1.54, 1.807) is 12.1 Å². The lowest BCUT2D eigenvalue weighted by atomic mass is 10.0. The number of piperazine rings is 1. The highest BCUT2D eigenvalue weighted by Crippen LogP contribution is 2.38. The molecule has 234 valence electrons. The lowest BCUT2D eigenvalue weighted by Gasteiger charge is -2.38. The van der Waals surface area contributed by atoms with Gasteiger partial charge in [0.25, 0.3) is 11.2 Å². The van der Waals surface area contributed by atoms with Crippen LogP contribution in [-0.4, -0.2) is 70.0 Å². The van der Waals surface area contributed by atoms with E-state index in [9.17, 15) is 19.7 Å². The molecule has 3 heterocycles. The summed E-state index contributed by atoms with van der Waals surface area (Å²) in [6, 6.07) is 13.6. The number of hydrogen-bond donors (Lipinski definition) is 0. The molecule has 3 aromatic rings. The normalized spacial score (nSPS) is 17.9. The molecule has 1 fully saturated rings. The summed E-state index contributed by atoms with van der Waals surface area (Å²) >= 11 is 1.92. The Labute approximate surface area is 264 Å². The van der Waals surface area contributed by atoms with Crippen LogP contribution in [0, 0.1) is 10.1 Å². The van der Waals surface area contributed by atoms with Crippen molar-refractivity contribution in [3.05, 3.63) is 110 Å². The highest BCUT2D eigenvalue weighted by molar-refractivity contribution is 8.03. The molecule has 1 atom stereocenters. The van der Waals surface area contributed by atoms with Crippen LogP contribution in [0.5, 0.6) is 11.5 Å². The topological polar surface area (TPSA) is 116 Å². The van der Waals surface area contributed by atoms with E-state index in [-0.39, 0.29) is 23.7 Å². The summed E-state index contributed by atoms with van der Waals surface area (Å²) in [5, 5.41) is 14.4. The van der Waals surface area contributed by atoms with Crippen molar-refractivity contribution in [2.45, 2.75) is 31.2 Å². The standard InChI is InChI=1S/C33H34N4O7S/c38-32-13-7-24-6-10-27(22-30(24)36(32)23-43-33(39)44-26-11-8-25(9-12-26)37(40)41)42-20-2-1-15-34-16-18-35(19-17-34)29-4-3-5-31-28(29)14-21-45-31/h3-4,6-14,21-22,31H,1-2,5,15-20,23H2. The predicted molar refractivity (Wildman–Crippen MR) is 172 cm³/mol. The van der Waals surface area contributed by atoms with Crippen LogP contribution in [0.1, 0.15) is 19.3 Å². The Morgan fingerprint density at radius 1 is 0.978 bits per heavy atom. The molecule has 11 nitrogen and oxygen atoms in total. The molecule has 0 N–H and O–H groups in total. The van der Waals surface area contributed by atoms with Gasteiger partial charge >= 0.3 is 6.16 Å². The van der Waals surface area contributed by atoms with Gasteiger partial charge in [0, 0.05) is 61.4 Å². The molecular formula is C33H34N4O7S. The Bertz CT molecular complexity index is 1710. The zero-order valence-corrected chi connectivity index (χ0v) is 25.5. The number of hydrogen-bond acceptors (Lipinski definition) is 10. The van der Waals surface area contributed by atoms with Gasteiger partial charge in [-0.2, -0.15) is 0 Å². The number of carbonyl (C=O) groups excluding carboxylic acids is 1. The first-order valence-electron chi connectivity index (χ1n) is 15.0. The largest absolute Gasteiger partial charge is 0.515 e. The van der Waals surface area contributed by atoms with Crippen molar-refractivity contribution < 1.29 is 23.9 Å². The Balaban J connectivity index is 0.961. The molecule has 2 aromatic carbocycles. The maximum absolute atomic E-state index is 12.6. The van der Waals surface area contributed by atoms with Crippen LogP contribution in [0.2, 0.25) is 0 Å². The average Bonchev–Trinajstić information content (AvgIpc) is 3.54. The van der Waals surface area contributed by atoms with E-state index in [0.717, 1.165) is 57.4 Å². The number of allylic oxidation sites excluding steroid dienone is 3. The van der Waals surface area contributed by atoms with Gasteiger partial charge in [0.05, 0.1) is 17.0 Å². The van der Waals surface area contributed by atoms with Crippen molar-refractivity contribution >= 4 is 34.5 Å². The minimum Gasteiger partial charge on any atom is -0.494 e. The lowest BCUT2D eigenvalue weighted by molar-refractivity contribution is -0.384. The number of non-ortho nitro benzene ring substituents is 1. The van der Waals surface area contributed by atoms with E-state index in [1.165, 1.54) is 46.2 Å². The molecule has 3 aliphatic rings. The Morgan fingerprint density at radius 2 is 1.76 bits per heavy atom. The van der Waals surface area contributed by atoms with Gasteiger partial charge in [-0.3, -0.25) is 24.4 Å². The van der Waals surface area contributed by atoms with Crippen molar-refractivity contribution in [1.82, 2.24) is 14.4 Å². The zero-order chi connectivity index (χ0) is 31.2. The van der Waals surface area contributed by atoms with Crippen molar-refractivity contribution in [1.29, 1.82) is 0 Å². The van der Waals surface area contributed by atoms with Crippen LogP contribution in [0.3, 0.4) is 0 Å². The third kappa shape index (κ3) is 7.40. The second-order valence-electron chi connectivity index (χ2n) is 11.0. The number of nitro benzene ring substituents is 1. The molecule has 12 heteroatoms. The fourth-order valence-electron chi connectivity index (χ4n) is 5.72. The number of nitro groups is 1. The van der Waals surface area contributed by atoms with Crippen LogP contribution < -0.4 is 15.0 Å². The van der Waals surface area contributed by atoms with Gasteiger partial charge in [0.2, 0.25) is 0 Å². The van der Waals surface area contributed by atoms with Crippen LogP contribution in [-0.2, 0) is 11.5 Å². The molecule has 1 unspecified atom stereocenters. The highest BCUT2D eigenvalue weighted by Gasteiger charge is 2.26. The number of thioether (sulfide) groups is 1. The smallest absolute Gasteiger partial charge is 0.494 e. The van der Waals surface area contributed by atoms with Gasteiger partial charge in [-0.1, -0.05) is 6.08 Å². The van der Waals surface area contributed by atoms with E-state index in [0.29, 0.717) is 23.1 Å². The monoisotopic (exact) mass is 630 g/mol. The number of fused-ring (bicyclic) bond motifs is 2. The molecule has 0 spiro atoms. The van der Waals surface area contributed by atoms with Gasteiger partial charge in [0.15, 0.2) is 6.73 Å². The molecule has 1 saturated heterocycles. The second-order valence-corrected chi connectivity index (χ2v) is 12.1. The molecule has 6 rings (SSSR count). The average molecular weight is 631 g/mol. The number of aromatic nitrogens is 1. The Morgan fingerprint density at radius 3 is 2.56 bits per heavy atom. The Hall–Kier alpha value is -4.55. The fourth-order valence-corrected chi connectivity index (χ4v) is 6.70. The first-order chi connectivity index (χ1) is 21.9. The molecule has 0 radical (unpaired) electrons. The molecule has 45 heavy (non-hydrogen) atoms. The number of benzene rings is 2. The molecule has 0 amide bonds. The van der Waals surface area contributed by atoms with E-state index >= 15 is 0 Å². The van der Waals surface area contributed by atoms with Crippen LogP contribution in [0.25, 0.3) is 10.9 Å². The van der Waals surface area contributed by atoms with Gasteiger partial charge in [-0.15, -0.1) is 11.8 Å². The summed E-state index contributed by atoms with van der Waals surface area (Å²) < 4.78 is 17.6. The van der Waals surface area contributed by atoms with E-state index in [2.05, 4.69) is 33.4 Å². The first-order valence-corrected chi connectivity index (χ1v) is 15.9. The molecule has 1 aromatic heterocycles. The molecule has 1 aliphatic carbocycles. The van der Waals surface area contributed by atoms with E-state index in [4.69, 9.17) is 14.2 Å². The van der Waals surface area contributed by atoms with Crippen molar-refractivity contribution in [3.8, 4) is 11.5 Å². The summed E-state index contributed by atoms with van der Waals surface area (Å²) in [4.78, 5) is 40.2.